The van der Waals surface area contributed by atoms with Crippen LogP contribution in [0.25, 0.3) is 33.4 Å². The molecule has 0 spiro atoms. The summed E-state index contributed by atoms with van der Waals surface area (Å²) in [6.45, 7) is 1.67. The van der Waals surface area contributed by atoms with Crippen molar-refractivity contribution in [3.63, 3.8) is 0 Å². The molecule has 0 atom stereocenters. The molecule has 0 saturated heterocycles. The Hall–Kier alpha value is -4.05. The van der Waals surface area contributed by atoms with Crippen LogP contribution < -0.4 is 16.9 Å². The maximum Gasteiger partial charge on any atom is 0.254 e. The first-order valence-electron chi connectivity index (χ1n) is 10.6. The molecule has 1 aliphatic carbocycles. The maximum absolute atomic E-state index is 15.8. The lowest BCUT2D eigenvalue weighted by atomic mass is 9.77. The van der Waals surface area contributed by atoms with E-state index < -0.39 is 28.6 Å². The molecule has 34 heavy (non-hydrogen) atoms. The molecular weight excluding hydrogens is 444 g/mol. The number of aromatic nitrogens is 3. The highest BCUT2D eigenvalue weighted by molar-refractivity contribution is 6.04. The van der Waals surface area contributed by atoms with E-state index in [0.29, 0.717) is 18.4 Å². The standard InChI is InChI=1S/C24H21F2N5O3/c1-24(34)9-12(10-24)31-22(27)15(23(28)33)19(30-31)13-7-8-14-20(16(13)25)29-18(17(26)21(14)32)11-5-3-2-4-6-11/h2-8,12,34H,9-10,27H2,1H3,(H2,28,33)(H,29,32). The summed E-state index contributed by atoms with van der Waals surface area (Å²) >= 11 is 0. The predicted molar refractivity (Wildman–Crippen MR) is 123 cm³/mol. The number of fused-ring (bicyclic) bond motifs is 1. The fourth-order valence-electron chi connectivity index (χ4n) is 4.57. The second kappa shape index (κ2) is 7.49. The van der Waals surface area contributed by atoms with Crippen LogP contribution in [0, 0.1) is 11.6 Å². The van der Waals surface area contributed by atoms with Crippen LogP contribution in [0.15, 0.2) is 47.3 Å². The van der Waals surface area contributed by atoms with Crippen LogP contribution >= 0.6 is 0 Å². The van der Waals surface area contributed by atoms with E-state index in [2.05, 4.69) is 10.1 Å². The number of rotatable bonds is 4. The first-order chi connectivity index (χ1) is 16.1. The van der Waals surface area contributed by atoms with E-state index in [0.717, 1.165) is 0 Å². The Balaban J connectivity index is 1.73. The van der Waals surface area contributed by atoms with Gasteiger partial charge in [-0.25, -0.2) is 13.5 Å². The van der Waals surface area contributed by atoms with Gasteiger partial charge in [0.2, 0.25) is 5.43 Å². The van der Waals surface area contributed by atoms with Gasteiger partial charge in [-0.2, -0.15) is 5.10 Å². The average molecular weight is 465 g/mol. The molecule has 1 fully saturated rings. The third kappa shape index (κ3) is 3.26. The first-order valence-corrected chi connectivity index (χ1v) is 10.6. The zero-order chi connectivity index (χ0) is 24.4. The Morgan fingerprint density at radius 3 is 2.47 bits per heavy atom. The molecule has 0 bridgehead atoms. The molecule has 5 rings (SSSR count). The number of H-pyrrole nitrogens is 1. The number of hydrogen-bond donors (Lipinski definition) is 4. The van der Waals surface area contributed by atoms with Gasteiger partial charge in [0.1, 0.15) is 17.1 Å². The summed E-state index contributed by atoms with van der Waals surface area (Å²) in [5, 5.41) is 14.2. The van der Waals surface area contributed by atoms with Gasteiger partial charge in [0.05, 0.1) is 28.2 Å². The number of benzene rings is 2. The molecule has 1 amide bonds. The number of nitrogens with zero attached hydrogens (tertiary/aromatic N) is 2. The van der Waals surface area contributed by atoms with Crippen molar-refractivity contribution in [2.45, 2.75) is 31.4 Å². The fourth-order valence-corrected chi connectivity index (χ4v) is 4.57. The van der Waals surface area contributed by atoms with Gasteiger partial charge in [0.15, 0.2) is 11.6 Å². The van der Waals surface area contributed by atoms with E-state index >= 15 is 4.39 Å². The Kier molecular flexibility index (Phi) is 4.80. The summed E-state index contributed by atoms with van der Waals surface area (Å²) < 4.78 is 32.0. The van der Waals surface area contributed by atoms with Crippen LogP contribution in [-0.4, -0.2) is 31.4 Å². The van der Waals surface area contributed by atoms with Crippen molar-refractivity contribution in [3.8, 4) is 22.5 Å². The molecule has 4 aromatic rings. The number of amides is 1. The lowest BCUT2D eigenvalue weighted by Crippen LogP contribution is -2.42. The van der Waals surface area contributed by atoms with Gasteiger partial charge in [-0.1, -0.05) is 30.3 Å². The van der Waals surface area contributed by atoms with Crippen LogP contribution in [0.3, 0.4) is 0 Å². The minimum Gasteiger partial charge on any atom is -0.390 e. The Morgan fingerprint density at radius 2 is 1.85 bits per heavy atom. The van der Waals surface area contributed by atoms with Crippen LogP contribution in [0.1, 0.15) is 36.2 Å². The molecule has 174 valence electrons. The molecule has 0 aliphatic heterocycles. The highest BCUT2D eigenvalue weighted by atomic mass is 19.1. The summed E-state index contributed by atoms with van der Waals surface area (Å²) in [6.07, 6.45) is 0.702. The number of nitrogens with two attached hydrogens (primary N) is 2. The van der Waals surface area contributed by atoms with Crippen molar-refractivity contribution < 1.29 is 18.7 Å². The molecule has 2 aromatic heterocycles. The number of nitrogens with one attached hydrogen (secondary N) is 1. The van der Waals surface area contributed by atoms with Crippen molar-refractivity contribution in [3.05, 3.63) is 69.9 Å². The van der Waals surface area contributed by atoms with Crippen molar-refractivity contribution in [1.82, 2.24) is 14.8 Å². The summed E-state index contributed by atoms with van der Waals surface area (Å²) in [5.74, 6) is -2.88. The van der Waals surface area contributed by atoms with Gasteiger partial charge in [0, 0.05) is 11.1 Å². The normalized spacial score (nSPS) is 19.8. The third-order valence-corrected chi connectivity index (χ3v) is 6.26. The quantitative estimate of drug-likeness (QED) is 0.367. The van der Waals surface area contributed by atoms with Crippen LogP contribution in [-0.2, 0) is 0 Å². The summed E-state index contributed by atoms with van der Waals surface area (Å²) in [7, 11) is 0. The Bertz CT molecular complexity index is 1520. The number of hydrogen-bond acceptors (Lipinski definition) is 5. The van der Waals surface area contributed by atoms with Crippen molar-refractivity contribution in [1.29, 1.82) is 0 Å². The van der Waals surface area contributed by atoms with Crippen molar-refractivity contribution >= 4 is 22.6 Å². The maximum atomic E-state index is 15.8. The summed E-state index contributed by atoms with van der Waals surface area (Å²) in [6, 6.07) is 10.4. The molecule has 1 saturated carbocycles. The zero-order valence-electron chi connectivity index (χ0n) is 18.1. The SMILES string of the molecule is CC1(O)CC(n2nc(-c3ccc4c(=O)c(F)c(-c5ccccc5)[nH]c4c3F)c(C(N)=O)c2N)C1. The molecule has 8 nitrogen and oxygen atoms in total. The van der Waals surface area contributed by atoms with E-state index in [9.17, 15) is 19.1 Å². The minimum atomic E-state index is -1.03. The number of pyridine rings is 1. The van der Waals surface area contributed by atoms with Crippen LogP contribution in [0.5, 0.6) is 0 Å². The van der Waals surface area contributed by atoms with Crippen LogP contribution in [0.2, 0.25) is 0 Å². The monoisotopic (exact) mass is 465 g/mol. The highest BCUT2D eigenvalue weighted by Crippen LogP contribution is 2.43. The summed E-state index contributed by atoms with van der Waals surface area (Å²) in [4.78, 5) is 27.6. The topological polar surface area (TPSA) is 140 Å². The van der Waals surface area contributed by atoms with Crippen molar-refractivity contribution in [2.75, 3.05) is 5.73 Å². The summed E-state index contributed by atoms with van der Waals surface area (Å²) in [5.41, 5.74) is 9.40. The van der Waals surface area contributed by atoms with Gasteiger partial charge in [-0.3, -0.25) is 9.59 Å². The first kappa shape index (κ1) is 21.8. The number of carbonyl (C=O) groups excluding carboxylic acids is 1. The largest absolute Gasteiger partial charge is 0.390 e. The van der Waals surface area contributed by atoms with Crippen molar-refractivity contribution in [2.24, 2.45) is 5.73 Å². The van der Waals surface area contributed by atoms with Gasteiger partial charge < -0.3 is 21.6 Å². The molecule has 0 radical (unpaired) electrons. The van der Waals surface area contributed by atoms with Gasteiger partial charge in [-0.15, -0.1) is 0 Å². The second-order valence-electron chi connectivity index (χ2n) is 8.84. The minimum absolute atomic E-state index is 0.0416. The Labute approximate surface area is 191 Å². The molecule has 6 N–H and O–H groups in total. The molecule has 10 heteroatoms. The number of carbonyl (C=O) groups is 1. The van der Waals surface area contributed by atoms with E-state index in [1.165, 1.54) is 16.8 Å². The van der Waals surface area contributed by atoms with E-state index in [1.54, 1.807) is 37.3 Å². The predicted octanol–water partition coefficient (Wildman–Crippen LogP) is 3.10. The Morgan fingerprint density at radius 1 is 1.18 bits per heavy atom. The zero-order valence-corrected chi connectivity index (χ0v) is 18.1. The molecule has 2 aromatic carbocycles. The van der Waals surface area contributed by atoms with Gasteiger partial charge >= 0.3 is 0 Å². The second-order valence-corrected chi connectivity index (χ2v) is 8.84. The molecule has 2 heterocycles. The molecule has 0 unspecified atom stereocenters. The third-order valence-electron chi connectivity index (χ3n) is 6.26. The number of aromatic amines is 1. The number of halogens is 2. The van der Waals surface area contributed by atoms with Gasteiger partial charge in [0.25, 0.3) is 5.91 Å². The van der Waals surface area contributed by atoms with E-state index in [1.807, 2.05) is 0 Å². The van der Waals surface area contributed by atoms with Crippen LogP contribution in [0.4, 0.5) is 14.6 Å². The smallest absolute Gasteiger partial charge is 0.254 e. The average Bonchev–Trinajstić information content (AvgIpc) is 3.12. The molecule has 1 aliphatic rings. The number of primary amides is 1. The lowest BCUT2D eigenvalue weighted by molar-refractivity contribution is -0.0535. The van der Waals surface area contributed by atoms with Gasteiger partial charge in [-0.05, 0) is 31.9 Å². The highest BCUT2D eigenvalue weighted by Gasteiger charge is 2.42. The number of anilines is 1. The molecular formula is C24H21F2N5O3. The fraction of sp³-hybridized carbons (Fsp3) is 0.208. The van der Waals surface area contributed by atoms with E-state index in [4.69, 9.17) is 11.5 Å². The number of aliphatic hydroxyl groups is 1. The lowest BCUT2D eigenvalue weighted by Gasteiger charge is -2.41. The number of nitrogen functional groups attached to an aromatic ring is 1. The van der Waals surface area contributed by atoms with E-state index in [-0.39, 0.29) is 45.3 Å².